The normalized spacial score (nSPS) is 23.8. The second-order valence-corrected chi connectivity index (χ2v) is 10.3. The largest absolute Gasteiger partial charge is 0.491 e. The van der Waals surface area contributed by atoms with Crippen molar-refractivity contribution in [2.45, 2.75) is 63.6 Å². The average Bonchev–Trinajstić information content (AvgIpc) is 3.26. The number of morpholine rings is 1. The maximum atomic E-state index is 13.0. The number of likely N-dealkylation sites (tertiary alicyclic amines) is 1. The van der Waals surface area contributed by atoms with Crippen molar-refractivity contribution in [3.63, 3.8) is 0 Å². The van der Waals surface area contributed by atoms with E-state index in [9.17, 15) is 24.0 Å². The summed E-state index contributed by atoms with van der Waals surface area (Å²) >= 11 is 0. The number of ether oxygens (including phenoxy) is 2. The summed E-state index contributed by atoms with van der Waals surface area (Å²) in [5, 5.41) is 2.31. The van der Waals surface area contributed by atoms with Gasteiger partial charge in [0.05, 0.1) is 19.3 Å². The van der Waals surface area contributed by atoms with Gasteiger partial charge in [-0.3, -0.25) is 29.3 Å². The van der Waals surface area contributed by atoms with Crippen molar-refractivity contribution in [1.29, 1.82) is 0 Å². The average molecular weight is 527 g/mol. The summed E-state index contributed by atoms with van der Waals surface area (Å²) in [4.78, 5) is 67.2. The van der Waals surface area contributed by atoms with Gasteiger partial charge in [-0.1, -0.05) is 0 Å². The van der Waals surface area contributed by atoms with Crippen LogP contribution in [0.3, 0.4) is 0 Å². The Hall–Kier alpha value is -3.47. The fraction of sp³-hybridized carbons (Fsp3) is 0.593. The first-order chi connectivity index (χ1) is 18.4. The molecule has 4 heterocycles. The van der Waals surface area contributed by atoms with Crippen LogP contribution < -0.4 is 10.1 Å². The molecule has 1 aromatic rings. The van der Waals surface area contributed by atoms with Gasteiger partial charge in [-0.25, -0.2) is 0 Å². The van der Waals surface area contributed by atoms with Gasteiger partial charge >= 0.3 is 0 Å². The number of imide groups is 1. The molecule has 4 aliphatic rings. The van der Waals surface area contributed by atoms with Crippen LogP contribution in [0.15, 0.2) is 18.2 Å². The predicted molar refractivity (Wildman–Crippen MR) is 134 cm³/mol. The molecule has 5 amide bonds. The number of piperidine rings is 2. The van der Waals surface area contributed by atoms with Crippen molar-refractivity contribution in [2.75, 3.05) is 39.5 Å². The molecule has 0 aliphatic carbocycles. The fourth-order valence-electron chi connectivity index (χ4n) is 5.66. The molecule has 1 aromatic carbocycles. The van der Waals surface area contributed by atoms with Crippen LogP contribution >= 0.6 is 0 Å². The summed E-state index contributed by atoms with van der Waals surface area (Å²) in [6.45, 7) is 3.48. The number of nitrogens with zero attached hydrogens (tertiary/aromatic N) is 3. The minimum atomic E-state index is -0.658. The summed E-state index contributed by atoms with van der Waals surface area (Å²) < 4.78 is 11.4. The number of amides is 5. The van der Waals surface area contributed by atoms with Gasteiger partial charge in [0, 0.05) is 51.0 Å². The lowest BCUT2D eigenvalue weighted by atomic mass is 10.0. The van der Waals surface area contributed by atoms with Gasteiger partial charge in [0.2, 0.25) is 23.6 Å². The Bertz CT molecular complexity index is 1120. The van der Waals surface area contributed by atoms with Crippen molar-refractivity contribution >= 4 is 29.5 Å². The SMILES string of the molecule is O=C1CCC(N2Cc3cc(OC[C@H]4CCCCN4C(=O)CCC(=O)N4CCOCC4)ccc3C2=O)C(=O)N1. The molecule has 0 radical (unpaired) electrons. The highest BCUT2D eigenvalue weighted by Crippen LogP contribution is 2.30. The van der Waals surface area contributed by atoms with Crippen molar-refractivity contribution in [3.8, 4) is 5.75 Å². The molecule has 1 unspecified atom stereocenters. The van der Waals surface area contributed by atoms with Gasteiger partial charge < -0.3 is 24.2 Å². The van der Waals surface area contributed by atoms with Gasteiger partial charge in [0.25, 0.3) is 5.91 Å². The van der Waals surface area contributed by atoms with E-state index in [-0.39, 0.29) is 55.5 Å². The monoisotopic (exact) mass is 526 g/mol. The molecule has 204 valence electrons. The maximum Gasteiger partial charge on any atom is 0.255 e. The smallest absolute Gasteiger partial charge is 0.255 e. The van der Waals surface area contributed by atoms with Crippen LogP contribution in [0.1, 0.15) is 60.9 Å². The number of carbonyl (C=O) groups is 5. The van der Waals surface area contributed by atoms with Crippen molar-refractivity contribution in [1.82, 2.24) is 20.0 Å². The molecular weight excluding hydrogens is 492 g/mol. The minimum Gasteiger partial charge on any atom is -0.491 e. The Morgan fingerprint density at radius 2 is 1.79 bits per heavy atom. The highest BCUT2D eigenvalue weighted by molar-refractivity contribution is 6.05. The van der Waals surface area contributed by atoms with E-state index in [1.165, 1.54) is 4.90 Å². The molecule has 0 aromatic heterocycles. The molecule has 3 saturated heterocycles. The number of carbonyl (C=O) groups excluding carboxylic acids is 5. The molecular formula is C27H34N4O7. The van der Waals surface area contributed by atoms with E-state index >= 15 is 0 Å². The Labute approximate surface area is 221 Å². The molecule has 0 saturated carbocycles. The number of rotatable bonds is 7. The number of hydrogen-bond donors (Lipinski definition) is 1. The lowest BCUT2D eigenvalue weighted by Crippen LogP contribution is -2.52. The number of benzene rings is 1. The molecule has 1 N–H and O–H groups in total. The van der Waals surface area contributed by atoms with Gasteiger partial charge in [-0.05, 0) is 49.4 Å². The minimum absolute atomic E-state index is 0.00880. The van der Waals surface area contributed by atoms with Gasteiger partial charge in [-0.2, -0.15) is 0 Å². The molecule has 5 rings (SSSR count). The van der Waals surface area contributed by atoms with E-state index < -0.39 is 11.9 Å². The van der Waals surface area contributed by atoms with Crippen LogP contribution in [0.2, 0.25) is 0 Å². The van der Waals surface area contributed by atoms with Crippen molar-refractivity contribution in [2.24, 2.45) is 0 Å². The molecule has 11 nitrogen and oxygen atoms in total. The predicted octanol–water partition coefficient (Wildman–Crippen LogP) is 0.847. The summed E-state index contributed by atoms with van der Waals surface area (Å²) in [6, 6.07) is 4.52. The standard InChI is InChI=1S/C27H34N4O7/c32-23-7-6-22(26(35)28-23)31-16-18-15-20(4-5-21(18)27(31)36)38-17-19-3-1-2-10-30(19)25(34)9-8-24(33)29-11-13-37-14-12-29/h4-5,15,19,22H,1-3,6-14,16-17H2,(H,28,32,35)/t19-,22?/m1/s1. The second-order valence-electron chi connectivity index (χ2n) is 10.3. The molecule has 11 heteroatoms. The Morgan fingerprint density at radius 1 is 1.00 bits per heavy atom. The van der Waals surface area contributed by atoms with Crippen molar-refractivity contribution < 1.29 is 33.4 Å². The summed E-state index contributed by atoms with van der Waals surface area (Å²) in [5.41, 5.74) is 1.30. The lowest BCUT2D eigenvalue weighted by molar-refractivity contribution is -0.141. The summed E-state index contributed by atoms with van der Waals surface area (Å²) in [6.07, 6.45) is 3.67. The zero-order valence-electron chi connectivity index (χ0n) is 21.5. The number of nitrogens with one attached hydrogen (secondary N) is 1. The number of fused-ring (bicyclic) bond motifs is 1. The first kappa shape index (κ1) is 26.1. The van der Waals surface area contributed by atoms with Crippen LogP contribution in [-0.4, -0.2) is 95.8 Å². The molecule has 38 heavy (non-hydrogen) atoms. The lowest BCUT2D eigenvalue weighted by Gasteiger charge is -2.36. The number of hydrogen-bond acceptors (Lipinski definition) is 7. The van der Waals surface area contributed by atoms with Gasteiger partial charge in [0.15, 0.2) is 0 Å². The van der Waals surface area contributed by atoms with E-state index in [0.29, 0.717) is 57.2 Å². The third-order valence-corrected chi connectivity index (χ3v) is 7.80. The third-order valence-electron chi connectivity index (χ3n) is 7.80. The summed E-state index contributed by atoms with van der Waals surface area (Å²) in [7, 11) is 0. The maximum absolute atomic E-state index is 13.0. The highest BCUT2D eigenvalue weighted by Gasteiger charge is 2.39. The fourth-order valence-corrected chi connectivity index (χ4v) is 5.66. The van der Waals surface area contributed by atoms with E-state index in [2.05, 4.69) is 5.32 Å². The first-order valence-corrected chi connectivity index (χ1v) is 13.5. The topological polar surface area (TPSA) is 126 Å². The van der Waals surface area contributed by atoms with Gasteiger partial charge in [-0.15, -0.1) is 0 Å². The Kier molecular flexibility index (Phi) is 7.92. The Morgan fingerprint density at radius 3 is 2.58 bits per heavy atom. The molecule has 0 spiro atoms. The van der Waals surface area contributed by atoms with Crippen LogP contribution in [0.5, 0.6) is 5.75 Å². The van der Waals surface area contributed by atoms with E-state index in [0.717, 1.165) is 24.8 Å². The first-order valence-electron chi connectivity index (χ1n) is 13.5. The van der Waals surface area contributed by atoms with Crippen molar-refractivity contribution in [3.05, 3.63) is 29.3 Å². The molecule has 2 atom stereocenters. The van der Waals surface area contributed by atoms with E-state index in [4.69, 9.17) is 9.47 Å². The second kappa shape index (κ2) is 11.5. The van der Waals surface area contributed by atoms with E-state index in [1.54, 1.807) is 17.0 Å². The van der Waals surface area contributed by atoms with E-state index in [1.807, 2.05) is 11.0 Å². The van der Waals surface area contributed by atoms with Crippen LogP contribution in [0.4, 0.5) is 0 Å². The molecule has 4 aliphatic heterocycles. The van der Waals surface area contributed by atoms with Crippen LogP contribution in [-0.2, 0) is 30.5 Å². The zero-order chi connectivity index (χ0) is 26.6. The highest BCUT2D eigenvalue weighted by atomic mass is 16.5. The quantitative estimate of drug-likeness (QED) is 0.522. The molecule has 3 fully saturated rings. The molecule has 0 bridgehead atoms. The summed E-state index contributed by atoms with van der Waals surface area (Å²) in [5.74, 6) is -0.415. The third kappa shape index (κ3) is 5.67. The Balaban J connectivity index is 1.16. The zero-order valence-corrected chi connectivity index (χ0v) is 21.5. The van der Waals surface area contributed by atoms with Crippen LogP contribution in [0, 0.1) is 0 Å². The van der Waals surface area contributed by atoms with Gasteiger partial charge in [0.1, 0.15) is 18.4 Å². The van der Waals surface area contributed by atoms with Crippen LogP contribution in [0.25, 0.3) is 0 Å².